The first-order chi connectivity index (χ1) is 15.4. The maximum absolute atomic E-state index is 15.1. The van der Waals surface area contributed by atoms with Crippen molar-refractivity contribution in [1.82, 2.24) is 14.3 Å². The molecule has 0 saturated carbocycles. The number of halogens is 4. The Hall–Kier alpha value is -3.16. The topological polar surface area (TPSA) is 114 Å². The summed E-state index contributed by atoms with van der Waals surface area (Å²) < 4.78 is 89.7. The second-order valence-corrected chi connectivity index (χ2v) is 9.92. The molecule has 1 fully saturated rings. The summed E-state index contributed by atoms with van der Waals surface area (Å²) in [5, 5.41) is -1.46. The minimum absolute atomic E-state index is 0.0698. The fourth-order valence-corrected chi connectivity index (χ4v) is 5.91. The van der Waals surface area contributed by atoms with Gasteiger partial charge in [0.15, 0.2) is 5.83 Å². The molecule has 2 N–H and O–H groups in total. The van der Waals surface area contributed by atoms with Crippen molar-refractivity contribution in [3.05, 3.63) is 46.7 Å². The van der Waals surface area contributed by atoms with Crippen LogP contribution in [0, 0.1) is 12.7 Å². The molecule has 0 aromatic carbocycles. The first-order valence-electron chi connectivity index (χ1n) is 9.71. The van der Waals surface area contributed by atoms with Crippen molar-refractivity contribution in [1.29, 1.82) is 0 Å². The van der Waals surface area contributed by atoms with Gasteiger partial charge in [-0.25, -0.2) is 35.9 Å². The SMILES string of the molecule is COc1nc(N2CC3C(C4=CC(F)=C(F)CC=C4F)(C2)N=C(N)N(C)S3(=O)=O)nc(C)c1F. The van der Waals surface area contributed by atoms with Crippen molar-refractivity contribution < 1.29 is 30.7 Å². The lowest BCUT2D eigenvalue weighted by atomic mass is 9.87. The number of aromatic nitrogens is 2. The normalized spacial score (nSPS) is 27.0. The van der Waals surface area contributed by atoms with Gasteiger partial charge in [0.1, 0.15) is 22.4 Å². The lowest BCUT2D eigenvalue weighted by Gasteiger charge is -2.39. The van der Waals surface area contributed by atoms with Gasteiger partial charge < -0.3 is 15.4 Å². The van der Waals surface area contributed by atoms with Gasteiger partial charge in [-0.2, -0.15) is 9.37 Å². The van der Waals surface area contributed by atoms with Crippen LogP contribution in [0.5, 0.6) is 5.88 Å². The fourth-order valence-electron chi connectivity index (χ4n) is 4.11. The number of nitrogens with two attached hydrogens (primary N) is 1. The second-order valence-electron chi connectivity index (χ2n) is 7.78. The van der Waals surface area contributed by atoms with E-state index < -0.39 is 62.1 Å². The number of nitrogens with zero attached hydrogens (tertiary/aromatic N) is 5. The summed E-state index contributed by atoms with van der Waals surface area (Å²) in [6.45, 7) is 0.694. The molecule has 2 aliphatic heterocycles. The van der Waals surface area contributed by atoms with Crippen molar-refractivity contribution in [2.24, 2.45) is 10.7 Å². The Kier molecular flexibility index (Phi) is 5.38. The summed E-state index contributed by atoms with van der Waals surface area (Å²) in [5.41, 5.74) is 3.35. The first-order valence-corrected chi connectivity index (χ1v) is 11.2. The largest absolute Gasteiger partial charge is 0.479 e. The number of fused-ring (bicyclic) bond motifs is 1. The van der Waals surface area contributed by atoms with Gasteiger partial charge >= 0.3 is 0 Å². The van der Waals surface area contributed by atoms with Crippen LogP contribution in [0.2, 0.25) is 0 Å². The number of allylic oxidation sites excluding steroid dienone is 4. The molecule has 0 amide bonds. The van der Waals surface area contributed by atoms with Crippen LogP contribution in [0.15, 0.2) is 40.2 Å². The molecule has 3 heterocycles. The summed E-state index contributed by atoms with van der Waals surface area (Å²) in [7, 11) is -1.85. The Morgan fingerprint density at radius 3 is 2.61 bits per heavy atom. The number of aliphatic imine (C=N–C) groups is 1. The highest BCUT2D eigenvalue weighted by atomic mass is 32.2. The van der Waals surface area contributed by atoms with Gasteiger partial charge in [-0.1, -0.05) is 0 Å². The Labute approximate surface area is 187 Å². The maximum atomic E-state index is 15.1. The van der Waals surface area contributed by atoms with Gasteiger partial charge in [-0.3, -0.25) is 0 Å². The molecule has 178 valence electrons. The van der Waals surface area contributed by atoms with Gasteiger partial charge in [0.2, 0.25) is 27.7 Å². The Morgan fingerprint density at radius 1 is 1.24 bits per heavy atom. The van der Waals surface area contributed by atoms with E-state index in [4.69, 9.17) is 10.5 Å². The smallest absolute Gasteiger partial charge is 0.255 e. The average molecular weight is 488 g/mol. The lowest BCUT2D eigenvalue weighted by Crippen LogP contribution is -2.59. The Balaban J connectivity index is 1.94. The molecule has 0 bridgehead atoms. The molecule has 2 atom stereocenters. The number of guanidine groups is 1. The highest BCUT2D eigenvalue weighted by Gasteiger charge is 2.61. The van der Waals surface area contributed by atoms with Crippen LogP contribution in [0.3, 0.4) is 0 Å². The number of sulfonamides is 1. The number of hydrogen-bond acceptors (Lipinski definition) is 8. The van der Waals surface area contributed by atoms with Gasteiger partial charge in [0.25, 0.3) is 5.88 Å². The van der Waals surface area contributed by atoms with Crippen LogP contribution < -0.4 is 15.4 Å². The monoisotopic (exact) mass is 488 g/mol. The number of ether oxygens (including phenoxy) is 1. The molecule has 2 unspecified atom stereocenters. The fraction of sp³-hybridized carbons (Fsp3) is 0.421. The van der Waals surface area contributed by atoms with E-state index in [9.17, 15) is 21.6 Å². The number of anilines is 1. The van der Waals surface area contributed by atoms with E-state index in [0.717, 1.165) is 10.4 Å². The second kappa shape index (κ2) is 7.71. The lowest BCUT2D eigenvalue weighted by molar-refractivity contribution is 0.365. The predicted octanol–water partition coefficient (Wildman–Crippen LogP) is 1.78. The van der Waals surface area contributed by atoms with Crippen LogP contribution in [-0.4, -0.2) is 66.7 Å². The van der Waals surface area contributed by atoms with Crippen LogP contribution in [-0.2, 0) is 10.0 Å². The van der Waals surface area contributed by atoms with E-state index in [1.807, 2.05) is 0 Å². The summed E-state index contributed by atoms with van der Waals surface area (Å²) in [6, 6.07) is 0. The van der Waals surface area contributed by atoms with Crippen LogP contribution >= 0.6 is 0 Å². The van der Waals surface area contributed by atoms with Crippen molar-refractivity contribution in [2.45, 2.75) is 24.1 Å². The molecule has 14 heteroatoms. The number of hydrogen-bond donors (Lipinski definition) is 1. The molecular weight excluding hydrogens is 468 g/mol. The van der Waals surface area contributed by atoms with E-state index in [2.05, 4.69) is 15.0 Å². The zero-order chi connectivity index (χ0) is 24.3. The van der Waals surface area contributed by atoms with E-state index in [1.165, 1.54) is 26.0 Å². The first kappa shape index (κ1) is 23.0. The predicted molar refractivity (Wildman–Crippen MR) is 111 cm³/mol. The molecule has 1 aromatic heterocycles. The molecule has 0 radical (unpaired) electrons. The molecule has 4 rings (SSSR count). The van der Waals surface area contributed by atoms with E-state index in [0.29, 0.717) is 6.08 Å². The highest BCUT2D eigenvalue weighted by Crippen LogP contribution is 2.46. The third-order valence-corrected chi connectivity index (χ3v) is 8.10. The Morgan fingerprint density at radius 2 is 1.94 bits per heavy atom. The third kappa shape index (κ3) is 3.43. The van der Waals surface area contributed by atoms with E-state index in [1.54, 1.807) is 0 Å². The van der Waals surface area contributed by atoms with E-state index >= 15 is 4.39 Å². The van der Waals surface area contributed by atoms with Crippen molar-refractivity contribution >= 4 is 21.9 Å². The molecule has 1 aromatic rings. The quantitative estimate of drug-likeness (QED) is 0.646. The zero-order valence-corrected chi connectivity index (χ0v) is 18.6. The third-order valence-electron chi connectivity index (χ3n) is 5.89. The maximum Gasteiger partial charge on any atom is 0.255 e. The standard InChI is InChI=1S/C19H20F4N6O3S/c1-9-15(23)16(32-3)26-18(25-9)29-7-14-19(8-29,27-17(24)28(2)33(14,30)31)10-6-13(22)12(21)5-4-11(10)20/h4,6,14H,5,7-8H2,1-3H3,(H2,24,27). The van der Waals surface area contributed by atoms with Gasteiger partial charge in [-0.05, 0) is 19.1 Å². The van der Waals surface area contributed by atoms with Gasteiger partial charge in [-0.15, -0.1) is 0 Å². The van der Waals surface area contributed by atoms with Crippen LogP contribution in [0.1, 0.15) is 12.1 Å². The van der Waals surface area contributed by atoms with Crippen molar-refractivity contribution in [3.8, 4) is 5.88 Å². The van der Waals surface area contributed by atoms with Gasteiger partial charge in [0.05, 0.1) is 19.3 Å². The minimum Gasteiger partial charge on any atom is -0.479 e. The Bertz CT molecular complexity index is 1260. The molecule has 0 spiro atoms. The van der Waals surface area contributed by atoms with Gasteiger partial charge in [0, 0.05) is 25.6 Å². The van der Waals surface area contributed by atoms with Crippen LogP contribution in [0.25, 0.3) is 0 Å². The molecule has 1 aliphatic carbocycles. The molecule has 33 heavy (non-hydrogen) atoms. The molecule has 9 nitrogen and oxygen atoms in total. The number of aryl methyl sites for hydroxylation is 1. The van der Waals surface area contributed by atoms with E-state index in [-0.39, 0.29) is 30.6 Å². The summed E-state index contributed by atoms with van der Waals surface area (Å²) in [5.74, 6) is -5.32. The summed E-state index contributed by atoms with van der Waals surface area (Å²) >= 11 is 0. The number of rotatable bonds is 3. The number of methoxy groups -OCH3 is 1. The van der Waals surface area contributed by atoms with Crippen molar-refractivity contribution in [2.75, 3.05) is 32.1 Å². The highest BCUT2D eigenvalue weighted by molar-refractivity contribution is 7.90. The van der Waals surface area contributed by atoms with Crippen LogP contribution in [0.4, 0.5) is 23.5 Å². The molecule has 1 saturated heterocycles. The van der Waals surface area contributed by atoms with Crippen molar-refractivity contribution in [3.63, 3.8) is 0 Å². The molecule has 3 aliphatic rings. The zero-order valence-electron chi connectivity index (χ0n) is 17.8. The summed E-state index contributed by atoms with van der Waals surface area (Å²) in [4.78, 5) is 13.6. The minimum atomic E-state index is -4.23. The summed E-state index contributed by atoms with van der Waals surface area (Å²) in [6.07, 6.45) is 0.755. The molecular formula is C19H20F4N6O3S. The average Bonchev–Trinajstić information content (AvgIpc) is 3.11.